The highest BCUT2D eigenvalue weighted by Gasteiger charge is 2.45. The van der Waals surface area contributed by atoms with E-state index in [1.165, 1.54) is 12.1 Å². The Kier molecular flexibility index (Phi) is 4.49. The van der Waals surface area contributed by atoms with Crippen molar-refractivity contribution in [1.82, 2.24) is 0 Å². The second-order valence-electron chi connectivity index (χ2n) is 7.09. The van der Waals surface area contributed by atoms with Gasteiger partial charge in [0.2, 0.25) is 0 Å². The molecule has 0 spiro atoms. The highest BCUT2D eigenvalue weighted by molar-refractivity contribution is 5.85. The molecule has 1 aliphatic carbocycles. The Morgan fingerprint density at radius 1 is 1.12 bits per heavy atom. The first kappa shape index (κ1) is 16.8. The number of rotatable bonds is 7. The molecule has 1 aromatic heterocycles. The summed E-state index contributed by atoms with van der Waals surface area (Å²) < 4.78 is 18.9. The summed E-state index contributed by atoms with van der Waals surface area (Å²) in [6.07, 6.45) is 4.50. The predicted molar refractivity (Wildman–Crippen MR) is 97.7 cm³/mol. The summed E-state index contributed by atoms with van der Waals surface area (Å²) in [5, 5.41) is 10.2. The van der Waals surface area contributed by atoms with Crippen LogP contribution in [0.3, 0.4) is 0 Å². The maximum absolute atomic E-state index is 12.9. The zero-order chi connectivity index (χ0) is 18.1. The summed E-state index contributed by atoms with van der Waals surface area (Å²) in [6, 6.07) is 14.6. The summed E-state index contributed by atoms with van der Waals surface area (Å²) in [5.74, 6) is -0.113. The fraction of sp³-hybridized carbons (Fsp3) is 0.318. The summed E-state index contributed by atoms with van der Waals surface area (Å²) >= 11 is 0. The second kappa shape index (κ2) is 6.94. The van der Waals surface area contributed by atoms with E-state index < -0.39 is 5.97 Å². The number of aliphatic carboxylic acids is 1. The van der Waals surface area contributed by atoms with Crippen molar-refractivity contribution >= 4 is 16.9 Å². The van der Waals surface area contributed by atoms with Crippen LogP contribution in [-0.2, 0) is 17.6 Å². The first-order valence-electron chi connectivity index (χ1n) is 9.10. The smallest absolute Gasteiger partial charge is 0.307 e. The first-order valence-corrected chi connectivity index (χ1v) is 9.10. The minimum Gasteiger partial charge on any atom is -0.481 e. The van der Waals surface area contributed by atoms with Crippen molar-refractivity contribution in [2.24, 2.45) is 5.92 Å². The van der Waals surface area contributed by atoms with Gasteiger partial charge in [0.15, 0.2) is 0 Å². The van der Waals surface area contributed by atoms with E-state index in [0.29, 0.717) is 6.42 Å². The van der Waals surface area contributed by atoms with Gasteiger partial charge in [-0.2, -0.15) is 0 Å². The Balaban J connectivity index is 1.38. The van der Waals surface area contributed by atoms with E-state index in [2.05, 4.69) is 6.07 Å². The lowest BCUT2D eigenvalue weighted by Crippen LogP contribution is -1.98. The lowest BCUT2D eigenvalue weighted by molar-refractivity contribution is -0.138. The molecule has 1 heterocycles. The molecule has 0 amide bonds. The van der Waals surface area contributed by atoms with Crippen LogP contribution in [0, 0.1) is 11.7 Å². The number of fused-ring (bicyclic) bond motifs is 1. The zero-order valence-corrected chi connectivity index (χ0v) is 14.5. The topological polar surface area (TPSA) is 50.4 Å². The molecule has 4 heteroatoms. The lowest BCUT2D eigenvalue weighted by Gasteiger charge is -2.00. The maximum atomic E-state index is 12.9. The molecule has 0 bridgehead atoms. The number of unbranched alkanes of at least 4 members (excludes halogenated alkanes) is 1. The van der Waals surface area contributed by atoms with Gasteiger partial charge in [0.1, 0.15) is 17.2 Å². The third-order valence-corrected chi connectivity index (χ3v) is 5.21. The van der Waals surface area contributed by atoms with E-state index in [-0.39, 0.29) is 17.7 Å². The van der Waals surface area contributed by atoms with Gasteiger partial charge in [-0.1, -0.05) is 24.3 Å². The van der Waals surface area contributed by atoms with Crippen LogP contribution in [0.1, 0.15) is 42.1 Å². The van der Waals surface area contributed by atoms with Gasteiger partial charge < -0.3 is 9.52 Å². The molecule has 3 nitrogen and oxygen atoms in total. The molecule has 2 atom stereocenters. The molecule has 1 saturated carbocycles. The molecule has 0 aliphatic heterocycles. The van der Waals surface area contributed by atoms with E-state index in [4.69, 9.17) is 4.42 Å². The van der Waals surface area contributed by atoms with Crippen molar-refractivity contribution in [2.75, 3.05) is 0 Å². The number of carboxylic acid groups (broad SMARTS) is 1. The zero-order valence-electron chi connectivity index (χ0n) is 14.5. The standard InChI is InChI=1S/C22H21FO3/c23-15-10-8-14(9-11-15)4-1-2-5-16-12-19-17(6-3-7-21(19)26-16)18-13-20(18)22(24)25/h3,6-12,18,20H,1-2,4-5,13H2,(H,24,25)/t18-,20+/m0/s1. The molecule has 3 aromatic rings. The predicted octanol–water partition coefficient (Wildman–Crippen LogP) is 5.33. The molecule has 0 unspecified atom stereocenters. The number of carboxylic acids is 1. The van der Waals surface area contributed by atoms with E-state index in [0.717, 1.165) is 53.5 Å². The molecule has 2 aromatic carbocycles. The molecule has 134 valence electrons. The van der Waals surface area contributed by atoms with Gasteiger partial charge in [-0.3, -0.25) is 4.79 Å². The van der Waals surface area contributed by atoms with E-state index >= 15 is 0 Å². The molecule has 1 N–H and O–H groups in total. The monoisotopic (exact) mass is 352 g/mol. The van der Waals surface area contributed by atoms with Gasteiger partial charge >= 0.3 is 5.97 Å². The molecular formula is C22H21FO3. The van der Waals surface area contributed by atoms with Crippen molar-refractivity contribution in [3.63, 3.8) is 0 Å². The molecule has 0 saturated heterocycles. The Hall–Kier alpha value is -2.62. The van der Waals surface area contributed by atoms with Crippen molar-refractivity contribution < 1.29 is 18.7 Å². The minimum absolute atomic E-state index is 0.111. The van der Waals surface area contributed by atoms with Crippen molar-refractivity contribution in [3.05, 3.63) is 71.2 Å². The Morgan fingerprint density at radius 2 is 1.88 bits per heavy atom. The van der Waals surface area contributed by atoms with Gasteiger partial charge in [0.05, 0.1) is 5.92 Å². The van der Waals surface area contributed by atoms with Gasteiger partial charge in [0, 0.05) is 11.8 Å². The van der Waals surface area contributed by atoms with Gasteiger partial charge in [-0.05, 0) is 67.0 Å². The fourth-order valence-corrected chi connectivity index (χ4v) is 3.67. The summed E-state index contributed by atoms with van der Waals surface area (Å²) in [5.41, 5.74) is 3.08. The molecule has 0 radical (unpaired) electrons. The Morgan fingerprint density at radius 3 is 2.62 bits per heavy atom. The van der Waals surface area contributed by atoms with Crippen LogP contribution >= 0.6 is 0 Å². The summed E-state index contributed by atoms with van der Waals surface area (Å²) in [7, 11) is 0. The normalized spacial score (nSPS) is 19.0. The van der Waals surface area contributed by atoms with Gasteiger partial charge in [-0.15, -0.1) is 0 Å². The molecular weight excluding hydrogens is 331 g/mol. The number of hydrogen-bond acceptors (Lipinski definition) is 2. The second-order valence-corrected chi connectivity index (χ2v) is 7.09. The van der Waals surface area contributed by atoms with Crippen LogP contribution < -0.4 is 0 Å². The number of benzene rings is 2. The van der Waals surface area contributed by atoms with Crippen LogP contribution in [0.4, 0.5) is 4.39 Å². The highest BCUT2D eigenvalue weighted by atomic mass is 19.1. The SMILES string of the molecule is O=C(O)[C@@H]1C[C@H]1c1cccc2oc(CCCCc3ccc(F)cc3)cc12. The van der Waals surface area contributed by atoms with Crippen LogP contribution in [0.15, 0.2) is 52.9 Å². The number of halogens is 1. The number of furan rings is 1. The third-order valence-electron chi connectivity index (χ3n) is 5.21. The molecule has 1 aliphatic rings. The van der Waals surface area contributed by atoms with Crippen LogP contribution in [-0.4, -0.2) is 11.1 Å². The Bertz CT molecular complexity index is 926. The summed E-state index contributed by atoms with van der Waals surface area (Å²) in [4.78, 5) is 11.2. The number of aryl methyl sites for hydroxylation is 2. The first-order chi connectivity index (χ1) is 12.6. The van der Waals surface area contributed by atoms with Crippen molar-refractivity contribution in [3.8, 4) is 0 Å². The van der Waals surface area contributed by atoms with Gasteiger partial charge in [-0.25, -0.2) is 4.39 Å². The average Bonchev–Trinajstić information content (AvgIpc) is 3.32. The van der Waals surface area contributed by atoms with Crippen molar-refractivity contribution in [2.45, 2.75) is 38.0 Å². The van der Waals surface area contributed by atoms with E-state index in [9.17, 15) is 14.3 Å². The lowest BCUT2D eigenvalue weighted by atomic mass is 10.0. The fourth-order valence-electron chi connectivity index (χ4n) is 3.67. The maximum Gasteiger partial charge on any atom is 0.307 e. The average molecular weight is 352 g/mol. The summed E-state index contributed by atoms with van der Waals surface area (Å²) in [6.45, 7) is 0. The number of hydrogen-bond donors (Lipinski definition) is 1. The number of carbonyl (C=O) groups is 1. The highest BCUT2D eigenvalue weighted by Crippen LogP contribution is 2.49. The minimum atomic E-state index is -0.712. The van der Waals surface area contributed by atoms with Crippen LogP contribution in [0.2, 0.25) is 0 Å². The van der Waals surface area contributed by atoms with Gasteiger partial charge in [0.25, 0.3) is 0 Å². The largest absolute Gasteiger partial charge is 0.481 e. The molecule has 4 rings (SSSR count). The quantitative estimate of drug-likeness (QED) is 0.585. The van der Waals surface area contributed by atoms with Crippen molar-refractivity contribution in [1.29, 1.82) is 0 Å². The van der Waals surface area contributed by atoms with E-state index in [1.807, 2.05) is 30.3 Å². The molecule has 26 heavy (non-hydrogen) atoms. The molecule has 1 fully saturated rings. The Labute approximate surface area is 151 Å². The van der Waals surface area contributed by atoms with Crippen LogP contribution in [0.5, 0.6) is 0 Å². The third kappa shape index (κ3) is 3.50. The van der Waals surface area contributed by atoms with E-state index in [1.54, 1.807) is 0 Å². The van der Waals surface area contributed by atoms with Crippen LogP contribution in [0.25, 0.3) is 11.0 Å².